The summed E-state index contributed by atoms with van der Waals surface area (Å²) >= 11 is 6.00. The molecule has 1 unspecified atom stereocenters. The Bertz CT molecular complexity index is 1180. The number of halogens is 1. The van der Waals surface area contributed by atoms with Crippen molar-refractivity contribution in [3.05, 3.63) is 76.8 Å². The van der Waals surface area contributed by atoms with Crippen LogP contribution in [0.5, 0.6) is 17.2 Å². The zero-order valence-corrected chi connectivity index (χ0v) is 20.9. The molecule has 0 radical (unpaired) electrons. The third-order valence-corrected chi connectivity index (χ3v) is 5.27. The van der Waals surface area contributed by atoms with Crippen molar-refractivity contribution in [1.29, 1.82) is 0 Å². The molecule has 0 spiro atoms. The molecule has 3 aromatic carbocycles. The van der Waals surface area contributed by atoms with Gasteiger partial charge in [0.05, 0.1) is 24.6 Å². The number of carbonyl (C=O) groups excluding carboxylic acids is 2. The molecular weight excluding hydrogens is 468 g/mol. The van der Waals surface area contributed by atoms with Gasteiger partial charge in [-0.1, -0.05) is 29.8 Å². The molecule has 2 N–H and O–H groups in total. The van der Waals surface area contributed by atoms with Gasteiger partial charge in [-0.05, 0) is 63.6 Å². The van der Waals surface area contributed by atoms with Gasteiger partial charge in [0, 0.05) is 22.7 Å². The van der Waals surface area contributed by atoms with Gasteiger partial charge in [-0.2, -0.15) is 0 Å². The molecule has 0 heterocycles. The molecule has 35 heavy (non-hydrogen) atoms. The van der Waals surface area contributed by atoms with Crippen LogP contribution in [0.25, 0.3) is 0 Å². The summed E-state index contributed by atoms with van der Waals surface area (Å²) in [4.78, 5) is 25.7. The Balaban J connectivity index is 1.84. The van der Waals surface area contributed by atoms with Gasteiger partial charge in [-0.3, -0.25) is 9.59 Å². The maximum absolute atomic E-state index is 12.9. The molecule has 0 aromatic heterocycles. The molecule has 0 bridgehead atoms. The maximum atomic E-state index is 12.9. The summed E-state index contributed by atoms with van der Waals surface area (Å²) in [6.45, 7) is 7.91. The van der Waals surface area contributed by atoms with Crippen molar-refractivity contribution < 1.29 is 23.8 Å². The number of aryl methyl sites for hydroxylation is 1. The molecule has 0 saturated carbocycles. The fraction of sp³-hybridized carbons (Fsp3) is 0.259. The Morgan fingerprint density at radius 3 is 2.03 bits per heavy atom. The average molecular weight is 497 g/mol. The van der Waals surface area contributed by atoms with Crippen LogP contribution in [0.4, 0.5) is 11.4 Å². The van der Waals surface area contributed by atoms with E-state index in [0.717, 1.165) is 5.56 Å². The SMILES string of the molecule is CCOc1cc(NC(=O)C(C)Oc2ccc(Cl)cc2C)c(OCC)cc1NC(=O)c1ccccc1. The summed E-state index contributed by atoms with van der Waals surface area (Å²) in [5.74, 6) is 0.700. The van der Waals surface area contributed by atoms with E-state index in [2.05, 4.69) is 10.6 Å². The highest BCUT2D eigenvalue weighted by atomic mass is 35.5. The lowest BCUT2D eigenvalue weighted by atomic mass is 10.2. The Morgan fingerprint density at radius 2 is 1.46 bits per heavy atom. The molecule has 0 fully saturated rings. The van der Waals surface area contributed by atoms with E-state index in [4.69, 9.17) is 25.8 Å². The van der Waals surface area contributed by atoms with E-state index in [1.54, 1.807) is 61.5 Å². The van der Waals surface area contributed by atoms with Crippen LogP contribution in [-0.4, -0.2) is 31.1 Å². The minimum absolute atomic E-state index is 0.286. The third-order valence-electron chi connectivity index (χ3n) is 5.03. The largest absolute Gasteiger partial charge is 0.492 e. The topological polar surface area (TPSA) is 85.9 Å². The predicted octanol–water partition coefficient (Wildman–Crippen LogP) is 6.10. The van der Waals surface area contributed by atoms with Crippen molar-refractivity contribution in [2.24, 2.45) is 0 Å². The molecule has 3 aromatic rings. The fourth-order valence-electron chi connectivity index (χ4n) is 3.31. The minimum atomic E-state index is -0.794. The maximum Gasteiger partial charge on any atom is 0.265 e. The van der Waals surface area contributed by atoms with E-state index in [1.165, 1.54) is 0 Å². The molecule has 3 rings (SSSR count). The lowest BCUT2D eigenvalue weighted by Gasteiger charge is -2.20. The summed E-state index contributed by atoms with van der Waals surface area (Å²) in [6, 6.07) is 17.3. The molecule has 0 aliphatic heterocycles. The van der Waals surface area contributed by atoms with Crippen LogP contribution in [0.3, 0.4) is 0 Å². The van der Waals surface area contributed by atoms with E-state index in [9.17, 15) is 9.59 Å². The number of hydrogen-bond donors (Lipinski definition) is 2. The first-order valence-electron chi connectivity index (χ1n) is 11.4. The Morgan fingerprint density at radius 1 is 0.857 bits per heavy atom. The lowest BCUT2D eigenvalue weighted by Crippen LogP contribution is -2.30. The van der Waals surface area contributed by atoms with Crippen LogP contribution in [0.1, 0.15) is 36.7 Å². The van der Waals surface area contributed by atoms with E-state index < -0.39 is 6.10 Å². The monoisotopic (exact) mass is 496 g/mol. The van der Waals surface area contributed by atoms with E-state index in [0.29, 0.717) is 52.4 Å². The number of benzene rings is 3. The van der Waals surface area contributed by atoms with Crippen LogP contribution in [0.15, 0.2) is 60.7 Å². The van der Waals surface area contributed by atoms with Gasteiger partial charge in [0.15, 0.2) is 6.10 Å². The molecular formula is C27H29ClN2O5. The summed E-state index contributed by atoms with van der Waals surface area (Å²) < 4.78 is 17.3. The van der Waals surface area contributed by atoms with Crippen LogP contribution in [0.2, 0.25) is 5.02 Å². The number of carbonyl (C=O) groups is 2. The summed E-state index contributed by atoms with van der Waals surface area (Å²) in [7, 11) is 0. The van der Waals surface area contributed by atoms with Crippen molar-refractivity contribution in [1.82, 2.24) is 0 Å². The molecule has 0 aliphatic carbocycles. The second-order valence-corrected chi connectivity index (χ2v) is 8.13. The van der Waals surface area contributed by atoms with Gasteiger partial charge < -0.3 is 24.8 Å². The van der Waals surface area contributed by atoms with Crippen LogP contribution < -0.4 is 24.8 Å². The number of ether oxygens (including phenoxy) is 3. The lowest BCUT2D eigenvalue weighted by molar-refractivity contribution is -0.122. The van der Waals surface area contributed by atoms with E-state index >= 15 is 0 Å². The summed E-state index contributed by atoms with van der Waals surface area (Å²) in [6.07, 6.45) is -0.794. The zero-order valence-electron chi connectivity index (χ0n) is 20.2. The highest BCUT2D eigenvalue weighted by Gasteiger charge is 2.21. The van der Waals surface area contributed by atoms with Gasteiger partial charge in [-0.25, -0.2) is 0 Å². The molecule has 0 saturated heterocycles. The first-order chi connectivity index (χ1) is 16.8. The number of anilines is 2. The van der Waals surface area contributed by atoms with E-state index in [-0.39, 0.29) is 11.8 Å². The highest BCUT2D eigenvalue weighted by Crippen LogP contribution is 2.37. The second kappa shape index (κ2) is 12.1. The molecule has 8 heteroatoms. The van der Waals surface area contributed by atoms with Gasteiger partial charge in [-0.15, -0.1) is 0 Å². The standard InChI is InChI=1S/C27H29ClN2O5/c1-5-33-24-16-22(30-27(32)19-10-8-7-9-11-19)25(34-6-2)15-21(24)29-26(31)18(4)35-23-13-12-20(28)14-17(23)3/h7-16,18H,5-6H2,1-4H3,(H,29,31)(H,30,32). The van der Waals surface area contributed by atoms with Gasteiger partial charge >= 0.3 is 0 Å². The van der Waals surface area contributed by atoms with Crippen LogP contribution in [0, 0.1) is 6.92 Å². The van der Waals surface area contributed by atoms with Crippen molar-refractivity contribution in [3.63, 3.8) is 0 Å². The molecule has 2 amide bonds. The van der Waals surface area contributed by atoms with E-state index in [1.807, 2.05) is 26.8 Å². The summed E-state index contributed by atoms with van der Waals surface area (Å²) in [5, 5.41) is 6.31. The highest BCUT2D eigenvalue weighted by molar-refractivity contribution is 6.30. The van der Waals surface area contributed by atoms with Gasteiger partial charge in [0.1, 0.15) is 17.2 Å². The number of amides is 2. The minimum Gasteiger partial charge on any atom is -0.492 e. The quantitative estimate of drug-likeness (QED) is 0.354. The number of hydrogen-bond acceptors (Lipinski definition) is 5. The van der Waals surface area contributed by atoms with Crippen LogP contribution in [-0.2, 0) is 4.79 Å². The fourth-order valence-corrected chi connectivity index (χ4v) is 3.54. The number of nitrogens with one attached hydrogen (secondary N) is 2. The van der Waals surface area contributed by atoms with Crippen molar-refractivity contribution in [3.8, 4) is 17.2 Å². The normalized spacial score (nSPS) is 11.3. The average Bonchev–Trinajstić information content (AvgIpc) is 2.84. The Labute approximate surface area is 210 Å². The number of rotatable bonds is 10. The third kappa shape index (κ3) is 6.90. The summed E-state index contributed by atoms with van der Waals surface area (Å²) in [5.41, 5.74) is 2.17. The molecule has 7 nitrogen and oxygen atoms in total. The smallest absolute Gasteiger partial charge is 0.265 e. The first-order valence-corrected chi connectivity index (χ1v) is 11.7. The predicted molar refractivity (Wildman–Crippen MR) is 138 cm³/mol. The molecule has 184 valence electrons. The Kier molecular flexibility index (Phi) is 8.98. The molecule has 1 atom stereocenters. The van der Waals surface area contributed by atoms with Crippen molar-refractivity contribution >= 4 is 34.8 Å². The van der Waals surface area contributed by atoms with Crippen molar-refractivity contribution in [2.45, 2.75) is 33.8 Å². The molecule has 0 aliphatic rings. The van der Waals surface area contributed by atoms with Crippen molar-refractivity contribution in [2.75, 3.05) is 23.8 Å². The van der Waals surface area contributed by atoms with Gasteiger partial charge in [0.2, 0.25) is 0 Å². The first kappa shape index (κ1) is 25.9. The van der Waals surface area contributed by atoms with Gasteiger partial charge in [0.25, 0.3) is 11.8 Å². The zero-order chi connectivity index (χ0) is 25.4. The second-order valence-electron chi connectivity index (χ2n) is 7.69. The van der Waals surface area contributed by atoms with Crippen LogP contribution >= 0.6 is 11.6 Å². The Hall–Kier alpha value is -3.71.